The van der Waals surface area contributed by atoms with Crippen molar-refractivity contribution in [1.82, 2.24) is 0 Å². The van der Waals surface area contributed by atoms with E-state index in [-0.39, 0.29) is 5.78 Å². The number of ketones is 1. The zero-order valence-electron chi connectivity index (χ0n) is 18.6. The Bertz CT molecular complexity index is 1300. The van der Waals surface area contributed by atoms with Gasteiger partial charge in [0.05, 0.1) is 35.5 Å². The lowest BCUT2D eigenvalue weighted by molar-refractivity contribution is 0.103. The van der Waals surface area contributed by atoms with Crippen LogP contribution in [0.25, 0.3) is 21.5 Å². The molecule has 0 N–H and O–H groups in total. The number of hydrogen-bond acceptors (Lipinski definition) is 6. The molecule has 0 spiro atoms. The topological polar surface area (TPSA) is 63.2 Å². The van der Waals surface area contributed by atoms with E-state index in [1.807, 2.05) is 36.4 Å². The lowest BCUT2D eigenvalue weighted by Crippen LogP contribution is -2.05. The Morgan fingerprint density at radius 2 is 1.19 bits per heavy atom. The van der Waals surface area contributed by atoms with Crippen molar-refractivity contribution in [3.63, 3.8) is 0 Å². The molecule has 0 aromatic heterocycles. The van der Waals surface area contributed by atoms with E-state index in [4.69, 9.17) is 23.7 Å². The van der Waals surface area contributed by atoms with Crippen LogP contribution in [0.4, 0.5) is 0 Å². The Labute approximate surface area is 186 Å². The van der Waals surface area contributed by atoms with E-state index < -0.39 is 0 Å². The fourth-order valence-corrected chi connectivity index (χ4v) is 3.88. The normalized spacial score (nSPS) is 10.8. The second kappa shape index (κ2) is 8.67. The zero-order chi connectivity index (χ0) is 22.8. The maximum Gasteiger partial charge on any atom is 0.193 e. The summed E-state index contributed by atoms with van der Waals surface area (Å²) in [7, 11) is 7.91. The molecule has 4 aromatic rings. The Balaban J connectivity index is 2.07. The van der Waals surface area contributed by atoms with E-state index in [2.05, 4.69) is 0 Å². The van der Waals surface area contributed by atoms with Gasteiger partial charge in [0.25, 0.3) is 0 Å². The van der Waals surface area contributed by atoms with E-state index in [0.717, 1.165) is 16.2 Å². The molecule has 0 saturated carbocycles. The monoisotopic (exact) mass is 432 g/mol. The van der Waals surface area contributed by atoms with E-state index in [1.165, 1.54) is 0 Å². The quantitative estimate of drug-likeness (QED) is 0.293. The number of carbonyl (C=O) groups excluding carboxylic acids is 1. The predicted molar refractivity (Wildman–Crippen MR) is 124 cm³/mol. The second-order valence-electron chi connectivity index (χ2n) is 7.19. The fourth-order valence-electron chi connectivity index (χ4n) is 3.88. The number of carbonyl (C=O) groups is 1. The van der Waals surface area contributed by atoms with Gasteiger partial charge in [-0.1, -0.05) is 6.07 Å². The predicted octanol–water partition coefficient (Wildman–Crippen LogP) is 5.27. The van der Waals surface area contributed by atoms with Gasteiger partial charge in [-0.15, -0.1) is 0 Å². The molecule has 4 aromatic carbocycles. The highest BCUT2D eigenvalue weighted by atomic mass is 16.5. The molecular weight excluding hydrogens is 408 g/mol. The Morgan fingerprint density at radius 1 is 0.594 bits per heavy atom. The molecule has 0 saturated heterocycles. The van der Waals surface area contributed by atoms with Crippen molar-refractivity contribution < 1.29 is 28.5 Å². The first-order valence-corrected chi connectivity index (χ1v) is 9.97. The van der Waals surface area contributed by atoms with Crippen LogP contribution in [0.3, 0.4) is 0 Å². The average Bonchev–Trinajstić information content (AvgIpc) is 2.85. The summed E-state index contributed by atoms with van der Waals surface area (Å²) in [6, 6.07) is 16.4. The van der Waals surface area contributed by atoms with Crippen molar-refractivity contribution >= 4 is 27.3 Å². The van der Waals surface area contributed by atoms with Gasteiger partial charge in [0, 0.05) is 34.0 Å². The number of rotatable bonds is 7. The summed E-state index contributed by atoms with van der Waals surface area (Å²) in [6.07, 6.45) is 0. The van der Waals surface area contributed by atoms with Crippen LogP contribution in [-0.4, -0.2) is 41.3 Å². The van der Waals surface area contributed by atoms with Crippen molar-refractivity contribution in [2.45, 2.75) is 0 Å². The van der Waals surface area contributed by atoms with Crippen LogP contribution in [0.2, 0.25) is 0 Å². The molecule has 0 amide bonds. The Morgan fingerprint density at radius 3 is 1.78 bits per heavy atom. The van der Waals surface area contributed by atoms with Gasteiger partial charge in [-0.25, -0.2) is 0 Å². The number of fused-ring (bicyclic) bond motifs is 3. The molecule has 32 heavy (non-hydrogen) atoms. The van der Waals surface area contributed by atoms with Crippen LogP contribution in [0, 0.1) is 0 Å². The highest BCUT2D eigenvalue weighted by Gasteiger charge is 2.20. The molecule has 0 aliphatic carbocycles. The Hall–Kier alpha value is -3.93. The van der Waals surface area contributed by atoms with Crippen molar-refractivity contribution in [3.8, 4) is 28.7 Å². The third kappa shape index (κ3) is 3.64. The lowest BCUT2D eigenvalue weighted by Gasteiger charge is -2.16. The van der Waals surface area contributed by atoms with Crippen LogP contribution < -0.4 is 23.7 Å². The summed E-state index contributed by atoms with van der Waals surface area (Å²) < 4.78 is 27.3. The minimum absolute atomic E-state index is 0.166. The van der Waals surface area contributed by atoms with Crippen molar-refractivity contribution in [2.24, 2.45) is 0 Å². The zero-order valence-corrected chi connectivity index (χ0v) is 18.6. The summed E-state index contributed by atoms with van der Waals surface area (Å²) in [4.78, 5) is 13.7. The molecular formula is C26H24O6. The maximum atomic E-state index is 13.7. The van der Waals surface area contributed by atoms with Crippen LogP contribution in [0.1, 0.15) is 15.9 Å². The van der Waals surface area contributed by atoms with Crippen molar-refractivity contribution in [1.29, 1.82) is 0 Å². The number of benzene rings is 4. The lowest BCUT2D eigenvalue weighted by atomic mass is 9.91. The smallest absolute Gasteiger partial charge is 0.193 e. The standard InChI is InChI=1S/C26H24O6/c1-28-17-7-6-15-10-23(26(27)16-8-18(29-2)11-19(9-16)30-3)22-13-20(31-4)14-24(32-5)25(22)21(15)12-17/h6-14H,1-5H3. The first-order valence-electron chi connectivity index (χ1n) is 9.97. The molecule has 0 bridgehead atoms. The molecule has 0 aliphatic heterocycles. The van der Waals surface area contributed by atoms with E-state index in [9.17, 15) is 4.79 Å². The number of methoxy groups -OCH3 is 5. The van der Waals surface area contributed by atoms with Gasteiger partial charge in [0.15, 0.2) is 5.78 Å². The molecule has 0 heterocycles. The third-order valence-corrected chi connectivity index (χ3v) is 5.51. The average molecular weight is 432 g/mol. The minimum Gasteiger partial charge on any atom is -0.497 e. The summed E-state index contributed by atoms with van der Waals surface area (Å²) in [5, 5.41) is 3.33. The SMILES string of the molecule is COc1cc(OC)cc(C(=O)c2cc3ccc(OC)cc3c3c(OC)cc(OC)cc23)c1. The highest BCUT2D eigenvalue weighted by Crippen LogP contribution is 2.40. The summed E-state index contributed by atoms with van der Waals surface area (Å²) in [5.74, 6) is 2.83. The summed E-state index contributed by atoms with van der Waals surface area (Å²) >= 11 is 0. The van der Waals surface area contributed by atoms with Crippen molar-refractivity contribution in [2.75, 3.05) is 35.5 Å². The molecule has 4 rings (SSSR count). The van der Waals surface area contributed by atoms with Gasteiger partial charge in [-0.05, 0) is 47.2 Å². The second-order valence-corrected chi connectivity index (χ2v) is 7.19. The molecule has 0 atom stereocenters. The van der Waals surface area contributed by atoms with Crippen molar-refractivity contribution in [3.05, 3.63) is 65.7 Å². The third-order valence-electron chi connectivity index (χ3n) is 5.51. The molecule has 0 fully saturated rings. The first-order chi connectivity index (χ1) is 15.5. The van der Waals surface area contributed by atoms with Crippen LogP contribution in [0.15, 0.2) is 54.6 Å². The van der Waals surface area contributed by atoms with E-state index >= 15 is 0 Å². The summed E-state index contributed by atoms with van der Waals surface area (Å²) in [6.45, 7) is 0. The van der Waals surface area contributed by atoms with E-state index in [0.29, 0.717) is 45.3 Å². The highest BCUT2D eigenvalue weighted by molar-refractivity contribution is 6.23. The Kier molecular flexibility index (Phi) is 5.77. The van der Waals surface area contributed by atoms with E-state index in [1.54, 1.807) is 53.7 Å². The van der Waals surface area contributed by atoms with Gasteiger partial charge in [-0.3, -0.25) is 4.79 Å². The molecule has 6 nitrogen and oxygen atoms in total. The number of hydrogen-bond donors (Lipinski definition) is 0. The molecule has 0 aliphatic rings. The van der Waals surface area contributed by atoms with Gasteiger partial charge >= 0.3 is 0 Å². The van der Waals surface area contributed by atoms with Gasteiger partial charge < -0.3 is 23.7 Å². The molecule has 0 radical (unpaired) electrons. The molecule has 6 heteroatoms. The number of ether oxygens (including phenoxy) is 5. The largest absolute Gasteiger partial charge is 0.497 e. The van der Waals surface area contributed by atoms with Crippen LogP contribution in [0.5, 0.6) is 28.7 Å². The van der Waals surface area contributed by atoms with Gasteiger partial charge in [0.2, 0.25) is 0 Å². The minimum atomic E-state index is -0.166. The summed E-state index contributed by atoms with van der Waals surface area (Å²) in [5.41, 5.74) is 0.974. The van der Waals surface area contributed by atoms with Crippen LogP contribution >= 0.6 is 0 Å². The fraction of sp³-hybridized carbons (Fsp3) is 0.192. The first kappa shape index (κ1) is 21.3. The van der Waals surface area contributed by atoms with Gasteiger partial charge in [-0.2, -0.15) is 0 Å². The van der Waals surface area contributed by atoms with Crippen LogP contribution in [-0.2, 0) is 0 Å². The maximum absolute atomic E-state index is 13.7. The van der Waals surface area contributed by atoms with Gasteiger partial charge in [0.1, 0.15) is 28.7 Å². The molecule has 0 unspecified atom stereocenters. The molecule has 164 valence electrons.